The first-order valence-corrected chi connectivity index (χ1v) is 7.87. The minimum atomic E-state index is -1.10. The second kappa shape index (κ2) is 5.62. The maximum absolute atomic E-state index is 11.2. The molecule has 7 nitrogen and oxygen atoms in total. The summed E-state index contributed by atoms with van der Waals surface area (Å²) in [7, 11) is 1.51. The fraction of sp³-hybridized carbons (Fsp3) is 0.385. The smallest absolute Gasteiger partial charge is 0.354 e. The van der Waals surface area contributed by atoms with Gasteiger partial charge in [0.25, 0.3) is 0 Å². The summed E-state index contributed by atoms with van der Waals surface area (Å²) < 4.78 is 17.5. The van der Waals surface area contributed by atoms with Crippen molar-refractivity contribution < 1.29 is 28.9 Å². The number of halogens is 2. The van der Waals surface area contributed by atoms with Crippen LogP contribution in [-0.4, -0.2) is 30.7 Å². The average molecular weight is 437 g/mol. The number of nitrogens with zero attached hydrogens (tertiary/aromatic N) is 1. The van der Waals surface area contributed by atoms with Gasteiger partial charge in [0.05, 0.1) is 22.0 Å². The van der Waals surface area contributed by atoms with E-state index in [4.69, 9.17) is 24.2 Å². The van der Waals surface area contributed by atoms with Gasteiger partial charge in [0, 0.05) is 5.56 Å². The number of carbonyl (C=O) groups is 1. The lowest BCUT2D eigenvalue weighted by molar-refractivity contribution is -0.129. The van der Waals surface area contributed by atoms with Gasteiger partial charge in [0.1, 0.15) is 0 Å². The molecule has 0 radical (unpaired) electrons. The number of benzene rings is 1. The third-order valence-corrected chi connectivity index (χ3v) is 5.12. The fourth-order valence-electron chi connectivity index (χ4n) is 2.45. The molecule has 2 atom stereocenters. The van der Waals surface area contributed by atoms with E-state index >= 15 is 0 Å². The van der Waals surface area contributed by atoms with E-state index < -0.39 is 18.0 Å². The van der Waals surface area contributed by atoms with Gasteiger partial charge in [0.2, 0.25) is 12.5 Å². The molecule has 0 amide bonds. The number of hydrogen-bond acceptors (Lipinski definition) is 6. The maximum Gasteiger partial charge on any atom is 0.354 e. The van der Waals surface area contributed by atoms with Crippen molar-refractivity contribution in [1.29, 1.82) is 0 Å². The molecule has 0 aromatic heterocycles. The van der Waals surface area contributed by atoms with Gasteiger partial charge >= 0.3 is 5.97 Å². The van der Waals surface area contributed by atoms with Gasteiger partial charge < -0.3 is 24.2 Å². The largest absolute Gasteiger partial charge is 0.492 e. The summed E-state index contributed by atoms with van der Waals surface area (Å²) in [5.74, 6) is -0.0972. The summed E-state index contributed by atoms with van der Waals surface area (Å²) in [5.41, 5.74) is 0.633. The van der Waals surface area contributed by atoms with E-state index in [2.05, 4.69) is 37.0 Å². The van der Waals surface area contributed by atoms with Crippen LogP contribution in [0.3, 0.4) is 0 Å². The standard InChI is InChI=1S/C13H11Br2NO6/c1-4-8(13(17)18)16-22-9(4)5-6(14)10(19-2)12-11(7(5)15)20-3-21-12/h4,9H,3H2,1-2H3,(H,17,18)/t4-,9+/m1/s1. The lowest BCUT2D eigenvalue weighted by Crippen LogP contribution is -2.22. The highest BCUT2D eigenvalue weighted by Gasteiger charge is 2.41. The first-order chi connectivity index (χ1) is 10.5. The van der Waals surface area contributed by atoms with Crippen molar-refractivity contribution in [3.05, 3.63) is 14.5 Å². The van der Waals surface area contributed by atoms with E-state index in [1.165, 1.54) is 7.11 Å². The van der Waals surface area contributed by atoms with Crippen LogP contribution < -0.4 is 14.2 Å². The molecule has 3 rings (SSSR count). The summed E-state index contributed by atoms with van der Waals surface area (Å²) in [6.07, 6.45) is -0.585. The highest BCUT2D eigenvalue weighted by atomic mass is 79.9. The summed E-state index contributed by atoms with van der Waals surface area (Å²) >= 11 is 6.94. The van der Waals surface area contributed by atoms with Gasteiger partial charge in [-0.05, 0) is 31.9 Å². The van der Waals surface area contributed by atoms with E-state index in [1.807, 2.05) is 0 Å². The predicted octanol–water partition coefficient (Wildman–Crippen LogP) is 3.10. The van der Waals surface area contributed by atoms with Crippen molar-refractivity contribution in [3.63, 3.8) is 0 Å². The molecule has 0 saturated carbocycles. The van der Waals surface area contributed by atoms with Crippen LogP contribution in [0.2, 0.25) is 0 Å². The van der Waals surface area contributed by atoms with E-state index in [9.17, 15) is 4.79 Å². The molecular weight excluding hydrogens is 426 g/mol. The zero-order valence-corrected chi connectivity index (χ0v) is 14.7. The monoisotopic (exact) mass is 435 g/mol. The second-order valence-corrected chi connectivity index (χ2v) is 6.32. The lowest BCUT2D eigenvalue weighted by atomic mass is 9.93. The zero-order chi connectivity index (χ0) is 16.0. The fourth-order valence-corrected chi connectivity index (χ4v) is 4.20. The van der Waals surface area contributed by atoms with Gasteiger partial charge in [0.15, 0.2) is 23.3 Å². The number of ether oxygens (including phenoxy) is 3. The van der Waals surface area contributed by atoms with E-state index in [0.29, 0.717) is 31.8 Å². The van der Waals surface area contributed by atoms with Crippen LogP contribution in [0.4, 0.5) is 0 Å². The molecule has 0 bridgehead atoms. The summed E-state index contributed by atoms with van der Waals surface area (Å²) in [6.45, 7) is 1.82. The lowest BCUT2D eigenvalue weighted by Gasteiger charge is -2.20. The molecule has 0 aliphatic carbocycles. The topological polar surface area (TPSA) is 86.6 Å². The van der Waals surface area contributed by atoms with Crippen LogP contribution >= 0.6 is 31.9 Å². The Bertz CT molecular complexity index is 690. The molecule has 0 unspecified atom stereocenters. The summed E-state index contributed by atoms with van der Waals surface area (Å²) in [5, 5.41) is 12.8. The van der Waals surface area contributed by atoms with Crippen molar-refractivity contribution in [2.75, 3.05) is 13.9 Å². The Morgan fingerprint density at radius 2 is 2.00 bits per heavy atom. The first kappa shape index (κ1) is 15.4. The molecule has 2 aliphatic heterocycles. The number of fused-ring (bicyclic) bond motifs is 1. The Kier molecular flexibility index (Phi) is 3.94. The zero-order valence-electron chi connectivity index (χ0n) is 11.6. The molecule has 2 heterocycles. The van der Waals surface area contributed by atoms with Crippen LogP contribution in [-0.2, 0) is 9.63 Å². The quantitative estimate of drug-likeness (QED) is 0.783. The molecule has 0 fully saturated rings. The first-order valence-electron chi connectivity index (χ1n) is 6.28. The predicted molar refractivity (Wildman–Crippen MR) is 82.6 cm³/mol. The molecule has 2 aliphatic rings. The molecule has 9 heteroatoms. The Labute approximate surface area is 142 Å². The molecule has 1 N–H and O–H groups in total. The van der Waals surface area contributed by atoms with Crippen LogP contribution in [0.5, 0.6) is 17.2 Å². The third kappa shape index (κ3) is 2.14. The summed E-state index contributed by atoms with van der Waals surface area (Å²) in [4.78, 5) is 16.5. The highest BCUT2D eigenvalue weighted by molar-refractivity contribution is 9.11. The van der Waals surface area contributed by atoms with Gasteiger partial charge in [-0.1, -0.05) is 12.1 Å². The SMILES string of the molecule is COc1c(Br)c([C@H]2ON=C(C(=O)O)[C@H]2C)c(Br)c2c1OCO2. The van der Waals surface area contributed by atoms with Crippen LogP contribution in [0, 0.1) is 5.92 Å². The molecule has 0 spiro atoms. The number of methoxy groups -OCH3 is 1. The number of carboxylic acid groups (broad SMARTS) is 1. The molecule has 0 saturated heterocycles. The summed E-state index contributed by atoms with van der Waals surface area (Å²) in [6, 6.07) is 0. The molecule has 118 valence electrons. The van der Waals surface area contributed by atoms with Gasteiger partial charge in [-0.25, -0.2) is 4.79 Å². The van der Waals surface area contributed by atoms with E-state index in [1.54, 1.807) is 6.92 Å². The Hall–Kier alpha value is -1.48. The van der Waals surface area contributed by atoms with Crippen molar-refractivity contribution in [2.45, 2.75) is 13.0 Å². The number of rotatable bonds is 3. The van der Waals surface area contributed by atoms with Crippen molar-refractivity contribution in [2.24, 2.45) is 11.1 Å². The Morgan fingerprint density at radius 1 is 1.32 bits per heavy atom. The van der Waals surface area contributed by atoms with Crippen molar-refractivity contribution in [1.82, 2.24) is 0 Å². The van der Waals surface area contributed by atoms with Crippen LogP contribution in [0.15, 0.2) is 14.1 Å². The minimum Gasteiger partial charge on any atom is -0.492 e. The molecule has 1 aromatic carbocycles. The van der Waals surface area contributed by atoms with Crippen LogP contribution in [0.1, 0.15) is 18.6 Å². The van der Waals surface area contributed by atoms with Crippen LogP contribution in [0.25, 0.3) is 0 Å². The van der Waals surface area contributed by atoms with E-state index in [-0.39, 0.29) is 12.5 Å². The minimum absolute atomic E-state index is 0.0274. The number of carboxylic acids is 1. The number of hydrogen-bond donors (Lipinski definition) is 1. The highest BCUT2D eigenvalue weighted by Crippen LogP contribution is 2.55. The molecule has 1 aromatic rings. The average Bonchev–Trinajstić information content (AvgIpc) is 3.07. The van der Waals surface area contributed by atoms with Crippen molar-refractivity contribution in [3.8, 4) is 17.2 Å². The van der Waals surface area contributed by atoms with E-state index in [0.717, 1.165) is 0 Å². The number of aliphatic carboxylic acids is 1. The normalized spacial score (nSPS) is 22.3. The van der Waals surface area contributed by atoms with Crippen molar-refractivity contribution >= 4 is 43.5 Å². The van der Waals surface area contributed by atoms with Gasteiger partial charge in [-0.3, -0.25) is 0 Å². The third-order valence-electron chi connectivity index (χ3n) is 3.55. The Morgan fingerprint density at radius 3 is 2.59 bits per heavy atom. The number of oxime groups is 1. The maximum atomic E-state index is 11.2. The van der Waals surface area contributed by atoms with Gasteiger partial charge in [-0.2, -0.15) is 0 Å². The molecule has 22 heavy (non-hydrogen) atoms. The molecular formula is C13H11Br2NO6. The second-order valence-electron chi connectivity index (χ2n) is 4.74. The van der Waals surface area contributed by atoms with Gasteiger partial charge in [-0.15, -0.1) is 0 Å². The Balaban J connectivity index is 2.11.